The van der Waals surface area contributed by atoms with Crippen molar-refractivity contribution in [2.75, 3.05) is 40.9 Å². The Morgan fingerprint density at radius 3 is 1.90 bits per heavy atom. The third kappa shape index (κ3) is 5.85. The summed E-state index contributed by atoms with van der Waals surface area (Å²) in [6.45, 7) is 0. The van der Waals surface area contributed by atoms with Gasteiger partial charge in [-0.25, -0.2) is 0 Å². The van der Waals surface area contributed by atoms with Gasteiger partial charge in [0.05, 0.1) is 41.2 Å². The van der Waals surface area contributed by atoms with Crippen LogP contribution in [0.15, 0.2) is 60.8 Å². The molecule has 0 unspecified atom stereocenters. The fourth-order valence-electron chi connectivity index (χ4n) is 4.41. The van der Waals surface area contributed by atoms with Crippen molar-refractivity contribution in [3.05, 3.63) is 77.5 Å². The smallest absolute Gasteiger partial charge is 0.248 e. The minimum Gasteiger partial charge on any atom is -0.493 e. The molecule has 202 valence electrons. The maximum atomic E-state index is 12.9. The monoisotopic (exact) mass is 528 g/mol. The van der Waals surface area contributed by atoms with Crippen LogP contribution in [-0.4, -0.2) is 46.0 Å². The average molecular weight is 529 g/mol. The van der Waals surface area contributed by atoms with Gasteiger partial charge in [0, 0.05) is 35.8 Å². The van der Waals surface area contributed by atoms with Crippen molar-refractivity contribution in [3.63, 3.8) is 0 Å². The highest BCUT2D eigenvalue weighted by atomic mass is 16.5. The molecule has 1 heterocycles. The number of nitrogens with one attached hydrogen (secondary N) is 1. The lowest BCUT2D eigenvalue weighted by Crippen LogP contribution is -2.09. The Balaban J connectivity index is 1.62. The van der Waals surface area contributed by atoms with Crippen LogP contribution in [0.2, 0.25) is 0 Å². The highest BCUT2D eigenvalue weighted by molar-refractivity contribution is 6.04. The van der Waals surface area contributed by atoms with Crippen LogP contribution in [0.25, 0.3) is 29.1 Å². The van der Waals surface area contributed by atoms with E-state index in [4.69, 9.17) is 23.7 Å². The molecule has 0 bridgehead atoms. The maximum absolute atomic E-state index is 12.9. The molecule has 1 N–H and O–H groups in total. The molecule has 0 aliphatic rings. The summed E-state index contributed by atoms with van der Waals surface area (Å²) < 4.78 is 29.4. The number of carbonyl (C=O) groups excluding carboxylic acids is 1. The minimum absolute atomic E-state index is 0.297. The lowest BCUT2D eigenvalue weighted by Gasteiger charge is -2.14. The lowest BCUT2D eigenvalue weighted by molar-refractivity contribution is -0.111. The van der Waals surface area contributed by atoms with Gasteiger partial charge in [-0.15, -0.1) is 0 Å². The number of carbonyl (C=O) groups is 1. The first-order chi connectivity index (χ1) is 18.9. The maximum Gasteiger partial charge on any atom is 0.248 e. The quantitative estimate of drug-likeness (QED) is 0.200. The second-order valence-electron chi connectivity index (χ2n) is 8.63. The number of nitrogens with zero attached hydrogens (tertiary/aromatic N) is 1. The molecule has 3 aromatic carbocycles. The van der Waals surface area contributed by atoms with Gasteiger partial charge in [-0.1, -0.05) is 30.4 Å². The number of aromatic nitrogens is 1. The summed E-state index contributed by atoms with van der Waals surface area (Å²) in [5.41, 5.74) is 4.15. The number of anilines is 1. The van der Waals surface area contributed by atoms with Crippen LogP contribution in [0.4, 0.5) is 5.69 Å². The molecule has 0 aliphatic carbocycles. The summed E-state index contributed by atoms with van der Waals surface area (Å²) >= 11 is 0. The van der Waals surface area contributed by atoms with Gasteiger partial charge in [0.2, 0.25) is 11.7 Å². The van der Waals surface area contributed by atoms with E-state index in [0.29, 0.717) is 34.4 Å². The summed E-state index contributed by atoms with van der Waals surface area (Å²) in [5, 5.41) is 3.99. The third-order valence-electron chi connectivity index (χ3n) is 6.26. The van der Waals surface area contributed by atoms with Gasteiger partial charge in [-0.2, -0.15) is 0 Å². The van der Waals surface area contributed by atoms with Gasteiger partial charge >= 0.3 is 0 Å². The zero-order chi connectivity index (χ0) is 27.9. The van der Waals surface area contributed by atoms with E-state index in [0.717, 1.165) is 27.6 Å². The van der Waals surface area contributed by atoms with E-state index < -0.39 is 0 Å². The van der Waals surface area contributed by atoms with E-state index in [-0.39, 0.29) is 5.91 Å². The second-order valence-corrected chi connectivity index (χ2v) is 8.63. The van der Waals surface area contributed by atoms with E-state index in [1.165, 1.54) is 13.2 Å². The summed E-state index contributed by atoms with van der Waals surface area (Å²) in [7, 11) is 9.77. The van der Waals surface area contributed by atoms with E-state index in [1.54, 1.807) is 34.5 Å². The van der Waals surface area contributed by atoms with Crippen molar-refractivity contribution in [3.8, 4) is 28.7 Å². The number of hydrogen-bond donors (Lipinski definition) is 1. The molecule has 4 rings (SSSR count). The van der Waals surface area contributed by atoms with Crippen molar-refractivity contribution in [2.45, 2.75) is 0 Å². The van der Waals surface area contributed by atoms with Crippen LogP contribution in [0.1, 0.15) is 16.7 Å². The Bertz CT molecular complexity index is 1530. The van der Waals surface area contributed by atoms with E-state index in [1.807, 2.05) is 78.5 Å². The molecule has 0 atom stereocenters. The molecule has 0 saturated heterocycles. The second kappa shape index (κ2) is 12.1. The van der Waals surface area contributed by atoms with Crippen LogP contribution in [0.5, 0.6) is 28.7 Å². The molecule has 0 aliphatic heterocycles. The first kappa shape index (κ1) is 27.2. The largest absolute Gasteiger partial charge is 0.493 e. The standard InChI is InChI=1S/C31H32N2O6/c1-33-19-22(23-9-7-8-10-25(23)33)13-14-29(34)32-24-15-20(16-26(35-2)30(24)38-5)11-12-21-17-27(36-3)31(39-6)28(18-21)37-4/h7-19H,1-6H3,(H,32,34)/b12-11?,14-13+. The van der Waals surface area contributed by atoms with Crippen LogP contribution in [-0.2, 0) is 11.8 Å². The highest BCUT2D eigenvalue weighted by Crippen LogP contribution is 2.40. The zero-order valence-electron chi connectivity index (χ0n) is 22.9. The van der Waals surface area contributed by atoms with Crippen molar-refractivity contribution in [1.82, 2.24) is 4.57 Å². The zero-order valence-corrected chi connectivity index (χ0v) is 22.9. The first-order valence-electron chi connectivity index (χ1n) is 12.2. The van der Waals surface area contributed by atoms with Crippen LogP contribution in [0, 0.1) is 0 Å². The molecule has 8 heteroatoms. The Hall–Kier alpha value is -4.85. The number of rotatable bonds is 10. The predicted octanol–water partition coefficient (Wildman–Crippen LogP) is 6.04. The molecule has 39 heavy (non-hydrogen) atoms. The lowest BCUT2D eigenvalue weighted by atomic mass is 10.1. The molecule has 8 nitrogen and oxygen atoms in total. The minimum atomic E-state index is -0.297. The average Bonchev–Trinajstić information content (AvgIpc) is 3.29. The molecular weight excluding hydrogens is 496 g/mol. The van der Waals surface area contributed by atoms with E-state index >= 15 is 0 Å². The fraction of sp³-hybridized carbons (Fsp3) is 0.194. The number of para-hydroxylation sites is 1. The number of fused-ring (bicyclic) bond motifs is 1. The predicted molar refractivity (Wildman–Crippen MR) is 155 cm³/mol. The summed E-state index contributed by atoms with van der Waals surface area (Å²) in [5.74, 6) is 2.23. The third-order valence-corrected chi connectivity index (χ3v) is 6.26. The molecule has 1 amide bonds. The summed E-state index contributed by atoms with van der Waals surface area (Å²) in [6.07, 6.45) is 9.09. The number of ether oxygens (including phenoxy) is 5. The van der Waals surface area contributed by atoms with E-state index in [2.05, 4.69) is 5.32 Å². The van der Waals surface area contributed by atoms with Gasteiger partial charge < -0.3 is 33.6 Å². The Labute approximate surface area is 228 Å². The Morgan fingerprint density at radius 1 is 0.744 bits per heavy atom. The number of amides is 1. The number of hydrogen-bond acceptors (Lipinski definition) is 6. The summed E-state index contributed by atoms with van der Waals surface area (Å²) in [4.78, 5) is 12.9. The molecular formula is C31H32N2O6. The van der Waals surface area contributed by atoms with Crippen molar-refractivity contribution < 1.29 is 28.5 Å². The van der Waals surface area contributed by atoms with Gasteiger partial charge in [0.1, 0.15) is 0 Å². The molecule has 0 radical (unpaired) electrons. The fourth-order valence-corrected chi connectivity index (χ4v) is 4.41. The molecule has 0 saturated carbocycles. The highest BCUT2D eigenvalue weighted by Gasteiger charge is 2.15. The van der Waals surface area contributed by atoms with Gasteiger partial charge in [0.25, 0.3) is 0 Å². The number of aryl methyl sites for hydroxylation is 1. The van der Waals surface area contributed by atoms with Crippen LogP contribution < -0.4 is 29.0 Å². The molecule has 0 spiro atoms. The molecule has 0 fully saturated rings. The van der Waals surface area contributed by atoms with Crippen molar-refractivity contribution >= 4 is 40.7 Å². The molecule has 1 aromatic heterocycles. The first-order valence-corrected chi connectivity index (χ1v) is 12.2. The summed E-state index contributed by atoms with van der Waals surface area (Å²) in [6, 6.07) is 15.4. The number of methoxy groups -OCH3 is 5. The van der Waals surface area contributed by atoms with Gasteiger partial charge in [-0.05, 0) is 47.5 Å². The Morgan fingerprint density at radius 2 is 1.31 bits per heavy atom. The van der Waals surface area contributed by atoms with Gasteiger partial charge in [0.15, 0.2) is 23.0 Å². The van der Waals surface area contributed by atoms with Crippen LogP contribution >= 0.6 is 0 Å². The van der Waals surface area contributed by atoms with Crippen molar-refractivity contribution in [2.24, 2.45) is 7.05 Å². The van der Waals surface area contributed by atoms with Gasteiger partial charge in [-0.3, -0.25) is 4.79 Å². The van der Waals surface area contributed by atoms with E-state index in [9.17, 15) is 4.79 Å². The topological polar surface area (TPSA) is 80.2 Å². The van der Waals surface area contributed by atoms with Crippen LogP contribution in [0.3, 0.4) is 0 Å². The van der Waals surface area contributed by atoms with Crippen molar-refractivity contribution in [1.29, 1.82) is 0 Å². The Kier molecular flexibility index (Phi) is 8.46. The molecule has 4 aromatic rings. The number of benzene rings is 3. The SMILES string of the molecule is COc1cc(C=Cc2cc(OC)c(OC)c(OC)c2)cc(NC(=O)/C=C/c2cn(C)c3ccccc23)c1OC. The normalized spacial score (nSPS) is 11.2.